The fourth-order valence-corrected chi connectivity index (χ4v) is 17.6. The van der Waals surface area contributed by atoms with Crippen LogP contribution in [0.4, 0.5) is 0 Å². The van der Waals surface area contributed by atoms with Crippen molar-refractivity contribution in [2.75, 3.05) is 0 Å². The number of hydrogen-bond donors (Lipinski definition) is 0. The van der Waals surface area contributed by atoms with Crippen molar-refractivity contribution in [2.24, 2.45) is 0 Å². The molecule has 542 valence electrons. The van der Waals surface area contributed by atoms with E-state index in [9.17, 15) is 10.5 Å². The quantitative estimate of drug-likeness (QED) is 0.107. The van der Waals surface area contributed by atoms with Gasteiger partial charge in [0.25, 0.3) is 0 Å². The lowest BCUT2D eigenvalue weighted by Crippen LogP contribution is -2.41. The number of rotatable bonds is 8. The van der Waals surface area contributed by atoms with Gasteiger partial charge in [0, 0.05) is 61.2 Å². The van der Waals surface area contributed by atoms with Crippen LogP contribution in [0.3, 0.4) is 0 Å². The first-order valence-corrected chi connectivity index (χ1v) is 38.5. The zero-order valence-corrected chi connectivity index (χ0v) is 63.5. The summed E-state index contributed by atoms with van der Waals surface area (Å²) in [6.07, 6.45) is 0. The predicted octanol–water partition coefficient (Wildman–Crippen LogP) is 23.9. The summed E-state index contributed by atoms with van der Waals surface area (Å²) >= 11 is 6.62. The van der Waals surface area contributed by atoms with Crippen molar-refractivity contribution in [1.82, 2.24) is 19.9 Å². The van der Waals surface area contributed by atoms with Crippen LogP contribution in [0.15, 0.2) is 352 Å². The number of aromatic nitrogens is 4. The molecule has 0 amide bonds. The van der Waals surface area contributed by atoms with Gasteiger partial charge in [-0.1, -0.05) is 315 Å². The molecular weight excluding hydrogens is 1420 g/mol. The SMILES string of the molecule is CC1(C)OB(c2cccc3c2-c2ccc(C#N)cc2C32c3ccccc3Oc3ccccc32)OC1(C)C.Clc1nc(-c2ccccc2)nc(-c2ccccc2)c1-c1ccccc1.N#Cc1ccc2c(c1)C1(c3ccccc3Oc3ccccc31)c1cccc(-c3nc(-c4ccccc4)nc(-c4ccccc4)c3-c3ccccc3)c1-2. The van der Waals surface area contributed by atoms with E-state index in [0.717, 1.165) is 162 Å². The lowest BCUT2D eigenvalue weighted by Gasteiger charge is -2.39. The molecule has 114 heavy (non-hydrogen) atoms. The van der Waals surface area contributed by atoms with Gasteiger partial charge in [-0.05, 0) is 137 Å². The zero-order chi connectivity index (χ0) is 77.3. The van der Waals surface area contributed by atoms with E-state index >= 15 is 0 Å². The summed E-state index contributed by atoms with van der Waals surface area (Å²) in [6.45, 7) is 8.32. The van der Waals surface area contributed by atoms with Crippen LogP contribution in [0.5, 0.6) is 23.0 Å². The number of ether oxygens (including phenoxy) is 2. The second-order valence-corrected chi connectivity index (χ2v) is 30.3. The minimum atomic E-state index is -0.733. The summed E-state index contributed by atoms with van der Waals surface area (Å²) in [5.41, 5.74) is 24.2. The molecule has 3 aliphatic heterocycles. The minimum absolute atomic E-state index is 0.456. The molecule has 14 aromatic carbocycles. The van der Waals surface area contributed by atoms with Gasteiger partial charge in [0.2, 0.25) is 0 Å². The Labute approximate surface area is 667 Å². The Morgan fingerprint density at radius 1 is 0.289 bits per heavy atom. The second-order valence-electron chi connectivity index (χ2n) is 29.9. The zero-order valence-electron chi connectivity index (χ0n) is 62.8. The maximum absolute atomic E-state index is 10.2. The van der Waals surface area contributed by atoms with E-state index < -0.39 is 29.2 Å². The standard InChI is InChI=1S/C48H29N3O.C32H26BNO3.C22H15ClN2/c49-30-31-27-28-35-40(29-31)48(37-22-10-12-25-41(37)52-42-26-13-11-23-38(42)48)39-24-14-21-36(44(35)39)46-43(32-15-4-1-5-16-32)45(33-17-6-2-7-18-33)50-47(51-46)34-19-8-3-9-20-34;1-30(2)31(3,4)37-33(36-30)26-13-9-12-24-29(26)21-17-16-20(19-34)18-25(21)32(24)22-10-5-7-14-27(22)35-28-15-8-6-11-23(28)32;23-21-19(16-10-4-1-5-11-16)20(17-12-6-2-7-13-17)24-22(25-21)18-14-8-3-9-15-18/h1-29H;5-18H,1-4H3;1-15H. The highest BCUT2D eigenvalue weighted by atomic mass is 35.5. The predicted molar refractivity (Wildman–Crippen MR) is 453 cm³/mol. The molecule has 0 bridgehead atoms. The maximum atomic E-state index is 10.2. The summed E-state index contributed by atoms with van der Waals surface area (Å²) in [5, 5.41) is 20.6. The van der Waals surface area contributed by atoms with E-state index in [1.54, 1.807) is 0 Å². The van der Waals surface area contributed by atoms with Crippen molar-refractivity contribution in [2.45, 2.75) is 49.7 Å². The number of nitriles is 2. The van der Waals surface area contributed by atoms with Crippen LogP contribution in [0.25, 0.3) is 101 Å². The highest BCUT2D eigenvalue weighted by Gasteiger charge is 2.57. The Bertz CT molecular complexity index is 6440. The molecule has 12 heteroatoms. The molecular formula is C102H70BClN6O4. The highest BCUT2D eigenvalue weighted by Crippen LogP contribution is 2.65. The third-order valence-corrected chi connectivity index (χ3v) is 23.3. The smallest absolute Gasteiger partial charge is 0.457 e. The fraction of sp³-hybridized carbons (Fsp3) is 0.0784. The van der Waals surface area contributed by atoms with Gasteiger partial charge in [-0.15, -0.1) is 0 Å². The molecule has 1 fully saturated rings. The van der Waals surface area contributed by atoms with Crippen molar-refractivity contribution in [3.63, 3.8) is 0 Å². The Morgan fingerprint density at radius 3 is 1.05 bits per heavy atom. The first kappa shape index (κ1) is 70.5. The number of nitrogens with zero attached hydrogens (tertiary/aromatic N) is 6. The molecule has 0 N–H and O–H groups in total. The first-order chi connectivity index (χ1) is 55.9. The van der Waals surface area contributed by atoms with Crippen molar-refractivity contribution < 1.29 is 18.8 Å². The van der Waals surface area contributed by atoms with Gasteiger partial charge in [-0.2, -0.15) is 10.5 Å². The van der Waals surface area contributed by atoms with Gasteiger partial charge < -0.3 is 18.8 Å². The lowest BCUT2D eigenvalue weighted by molar-refractivity contribution is 0.00578. The van der Waals surface area contributed by atoms with Crippen LogP contribution >= 0.6 is 11.6 Å². The third-order valence-electron chi connectivity index (χ3n) is 23.0. The van der Waals surface area contributed by atoms with Gasteiger partial charge in [0.1, 0.15) is 28.2 Å². The summed E-state index contributed by atoms with van der Waals surface area (Å²) in [5.74, 6) is 4.53. The Balaban J connectivity index is 0.000000123. The van der Waals surface area contributed by atoms with E-state index in [1.165, 1.54) is 0 Å². The van der Waals surface area contributed by atoms with Crippen molar-refractivity contribution in [3.8, 4) is 136 Å². The molecule has 10 nitrogen and oxygen atoms in total. The summed E-state index contributed by atoms with van der Waals surface area (Å²) in [7, 11) is -0.510. The molecule has 0 unspecified atom stereocenters. The number of halogens is 1. The van der Waals surface area contributed by atoms with Crippen LogP contribution in [-0.2, 0) is 20.1 Å². The Morgan fingerprint density at radius 2 is 0.623 bits per heavy atom. The Kier molecular flexibility index (Phi) is 17.6. The summed E-state index contributed by atoms with van der Waals surface area (Å²) < 4.78 is 26.1. The van der Waals surface area contributed by atoms with Gasteiger partial charge >= 0.3 is 7.12 Å². The van der Waals surface area contributed by atoms with E-state index in [4.69, 9.17) is 45.3 Å². The average molecular weight is 1490 g/mol. The van der Waals surface area contributed by atoms with Gasteiger partial charge in [-0.25, -0.2) is 19.9 Å². The number of para-hydroxylation sites is 4. The molecule has 5 aliphatic rings. The largest absolute Gasteiger partial charge is 0.495 e. The van der Waals surface area contributed by atoms with Crippen molar-refractivity contribution in [3.05, 3.63) is 413 Å². The molecule has 1 saturated heterocycles. The highest BCUT2D eigenvalue weighted by molar-refractivity contribution is 6.64. The number of hydrogen-bond acceptors (Lipinski definition) is 10. The maximum Gasteiger partial charge on any atom is 0.495 e. The summed E-state index contributed by atoms with van der Waals surface area (Å²) in [4.78, 5) is 20.2. The van der Waals surface area contributed by atoms with E-state index in [1.807, 2.05) is 188 Å². The van der Waals surface area contributed by atoms with Crippen LogP contribution in [0.1, 0.15) is 83.3 Å². The Hall–Kier alpha value is -13.9. The number of benzene rings is 14. The second kappa shape index (κ2) is 28.4. The molecule has 0 saturated carbocycles. The van der Waals surface area contributed by atoms with E-state index in [2.05, 4.69) is 209 Å². The topological polar surface area (TPSA) is 136 Å². The molecule has 0 atom stereocenters. The van der Waals surface area contributed by atoms with Crippen LogP contribution in [0.2, 0.25) is 5.15 Å². The third kappa shape index (κ3) is 11.5. The average Bonchev–Trinajstić information content (AvgIpc) is 1.51. The lowest BCUT2D eigenvalue weighted by atomic mass is 9.65. The number of fused-ring (bicyclic) bond motifs is 18. The molecule has 0 radical (unpaired) electrons. The molecule has 2 spiro atoms. The van der Waals surface area contributed by atoms with Crippen LogP contribution in [0, 0.1) is 22.7 Å². The molecule has 2 aromatic heterocycles. The van der Waals surface area contributed by atoms with E-state index in [0.29, 0.717) is 27.9 Å². The fourth-order valence-electron chi connectivity index (χ4n) is 17.3. The monoisotopic (exact) mass is 1490 g/mol. The molecule has 5 heterocycles. The van der Waals surface area contributed by atoms with Gasteiger partial charge in [0.05, 0.1) is 62.4 Å². The normalized spacial score (nSPS) is 14.3. The minimum Gasteiger partial charge on any atom is -0.457 e. The van der Waals surface area contributed by atoms with Crippen molar-refractivity contribution in [1.29, 1.82) is 10.5 Å². The van der Waals surface area contributed by atoms with Crippen LogP contribution < -0.4 is 14.9 Å². The molecule has 16 aromatic rings. The van der Waals surface area contributed by atoms with Crippen molar-refractivity contribution >= 4 is 24.2 Å². The van der Waals surface area contributed by atoms with Gasteiger partial charge in [-0.3, -0.25) is 0 Å². The molecule has 2 aliphatic carbocycles. The first-order valence-electron chi connectivity index (χ1n) is 38.1. The van der Waals surface area contributed by atoms with Gasteiger partial charge in [0.15, 0.2) is 11.6 Å². The summed E-state index contributed by atoms with van der Waals surface area (Å²) in [6, 6.07) is 124. The molecule has 21 rings (SSSR count). The van der Waals surface area contributed by atoms with Crippen LogP contribution in [-0.4, -0.2) is 38.3 Å². The van der Waals surface area contributed by atoms with E-state index in [-0.39, 0.29) is 0 Å².